The second kappa shape index (κ2) is 5.74. The number of esters is 1. The van der Waals surface area contributed by atoms with Crippen LogP contribution in [0, 0.1) is 0 Å². The van der Waals surface area contributed by atoms with Crippen molar-refractivity contribution in [2.75, 3.05) is 0 Å². The lowest BCUT2D eigenvalue weighted by atomic mass is 10.3. The smallest absolute Gasteiger partial charge is 0.340 e. The first kappa shape index (κ1) is 13.9. The van der Waals surface area contributed by atoms with Crippen LogP contribution in [0.1, 0.15) is 16.1 Å². The van der Waals surface area contributed by atoms with Crippen LogP contribution in [-0.4, -0.2) is 20.3 Å². The molecule has 21 heavy (non-hydrogen) atoms. The van der Waals surface area contributed by atoms with Crippen LogP contribution in [0.4, 0.5) is 0 Å². The molecule has 0 saturated heterocycles. The van der Waals surface area contributed by atoms with Crippen LogP contribution in [0.2, 0.25) is 0 Å². The van der Waals surface area contributed by atoms with E-state index in [-0.39, 0.29) is 12.2 Å². The monoisotopic (exact) mass is 365 g/mol. The Hall–Kier alpha value is -2.06. The molecule has 3 rings (SSSR count). The van der Waals surface area contributed by atoms with Crippen LogP contribution in [0.25, 0.3) is 4.96 Å². The van der Waals surface area contributed by atoms with E-state index in [0.717, 1.165) is 0 Å². The van der Waals surface area contributed by atoms with E-state index in [2.05, 4.69) is 25.9 Å². The van der Waals surface area contributed by atoms with Crippen LogP contribution in [0.5, 0.6) is 0 Å². The van der Waals surface area contributed by atoms with Gasteiger partial charge in [-0.25, -0.2) is 9.78 Å². The van der Waals surface area contributed by atoms with Gasteiger partial charge >= 0.3 is 5.97 Å². The van der Waals surface area contributed by atoms with Crippen molar-refractivity contribution in [3.05, 3.63) is 62.2 Å². The summed E-state index contributed by atoms with van der Waals surface area (Å²) >= 11 is 4.58. The van der Waals surface area contributed by atoms with E-state index >= 15 is 0 Å². The Morgan fingerprint density at radius 3 is 3.05 bits per heavy atom. The Balaban J connectivity index is 1.77. The van der Waals surface area contributed by atoms with Crippen molar-refractivity contribution in [2.45, 2.75) is 6.61 Å². The fourth-order valence-corrected chi connectivity index (χ4v) is 2.81. The van der Waals surface area contributed by atoms with Gasteiger partial charge < -0.3 is 4.74 Å². The number of hydrogen-bond donors (Lipinski definition) is 0. The number of hydrogen-bond acceptors (Lipinski definition) is 6. The van der Waals surface area contributed by atoms with E-state index in [1.54, 1.807) is 23.8 Å². The third-order valence-electron chi connectivity index (χ3n) is 2.65. The van der Waals surface area contributed by atoms with Gasteiger partial charge in [-0.05, 0) is 22.0 Å². The summed E-state index contributed by atoms with van der Waals surface area (Å²) in [5.41, 5.74) is 0.550. The van der Waals surface area contributed by atoms with E-state index in [1.165, 1.54) is 28.0 Å². The summed E-state index contributed by atoms with van der Waals surface area (Å²) in [6.07, 6.45) is 4.64. The molecule has 0 atom stereocenters. The van der Waals surface area contributed by atoms with Crippen LogP contribution >= 0.6 is 27.3 Å². The zero-order valence-electron chi connectivity index (χ0n) is 10.5. The maximum absolute atomic E-state index is 11.9. The van der Waals surface area contributed by atoms with Gasteiger partial charge in [0, 0.05) is 34.5 Å². The molecule has 0 aliphatic rings. The van der Waals surface area contributed by atoms with Crippen molar-refractivity contribution in [1.29, 1.82) is 0 Å². The number of ether oxygens (including phenoxy) is 1. The third-order valence-corrected chi connectivity index (χ3v) is 3.84. The van der Waals surface area contributed by atoms with Crippen LogP contribution in [-0.2, 0) is 11.3 Å². The molecule has 3 aromatic heterocycles. The van der Waals surface area contributed by atoms with Crippen LogP contribution in [0.15, 0.2) is 45.4 Å². The third kappa shape index (κ3) is 3.01. The lowest BCUT2D eigenvalue weighted by Crippen LogP contribution is -2.14. The fourth-order valence-electron chi connectivity index (χ4n) is 1.71. The molecule has 6 nitrogen and oxygen atoms in total. The number of pyridine rings is 1. The molecular formula is C13H8BrN3O3S. The van der Waals surface area contributed by atoms with Gasteiger partial charge in [0.05, 0.1) is 11.3 Å². The number of nitrogens with zero attached hydrogens (tertiary/aromatic N) is 3. The Bertz CT molecular complexity index is 874. The van der Waals surface area contributed by atoms with Crippen molar-refractivity contribution >= 4 is 38.2 Å². The first-order valence-corrected chi connectivity index (χ1v) is 7.54. The van der Waals surface area contributed by atoms with Gasteiger partial charge in [0.2, 0.25) is 0 Å². The molecule has 0 bridgehead atoms. The molecular weight excluding hydrogens is 358 g/mol. The molecule has 0 fully saturated rings. The molecule has 8 heteroatoms. The summed E-state index contributed by atoms with van der Waals surface area (Å²) in [6, 6.07) is 2.96. The van der Waals surface area contributed by atoms with E-state index in [9.17, 15) is 9.59 Å². The Labute approximate surface area is 131 Å². The largest absolute Gasteiger partial charge is 0.456 e. The fraction of sp³-hybridized carbons (Fsp3) is 0.0769. The normalized spacial score (nSPS) is 10.7. The summed E-state index contributed by atoms with van der Waals surface area (Å²) in [5.74, 6) is -0.517. The van der Waals surface area contributed by atoms with Crippen molar-refractivity contribution in [3.63, 3.8) is 0 Å². The topological polar surface area (TPSA) is 73.6 Å². The molecule has 3 aromatic rings. The second-order valence-electron chi connectivity index (χ2n) is 4.11. The van der Waals surface area contributed by atoms with Gasteiger partial charge in [-0.2, -0.15) is 0 Å². The molecule has 0 aliphatic heterocycles. The highest BCUT2D eigenvalue weighted by Crippen LogP contribution is 2.12. The van der Waals surface area contributed by atoms with Gasteiger partial charge in [-0.15, -0.1) is 11.3 Å². The molecule has 0 unspecified atom stereocenters. The molecule has 3 heterocycles. The highest BCUT2D eigenvalue weighted by Gasteiger charge is 2.10. The van der Waals surface area contributed by atoms with E-state index < -0.39 is 5.97 Å². The predicted molar refractivity (Wildman–Crippen MR) is 80.4 cm³/mol. The van der Waals surface area contributed by atoms with Crippen molar-refractivity contribution in [3.8, 4) is 0 Å². The standard InChI is InChI=1S/C13H8BrN3O3S/c14-9-3-8(5-15-6-9)12(19)20-7-10-4-11(18)17-1-2-21-13(17)16-10/h1-6H,7H2. The Morgan fingerprint density at radius 1 is 1.38 bits per heavy atom. The lowest BCUT2D eigenvalue weighted by Gasteiger charge is -2.04. The quantitative estimate of drug-likeness (QED) is 0.665. The number of fused-ring (bicyclic) bond motifs is 1. The molecule has 0 aliphatic carbocycles. The maximum atomic E-state index is 11.9. The molecule has 106 valence electrons. The molecule has 0 saturated carbocycles. The minimum atomic E-state index is -0.517. The highest BCUT2D eigenvalue weighted by atomic mass is 79.9. The first-order valence-electron chi connectivity index (χ1n) is 5.87. The predicted octanol–water partition coefficient (Wildman–Crippen LogP) is 2.27. The zero-order chi connectivity index (χ0) is 14.8. The summed E-state index contributed by atoms with van der Waals surface area (Å²) in [5, 5.41) is 1.77. The number of halogens is 1. The molecule has 0 aromatic carbocycles. The molecule has 0 N–H and O–H groups in total. The van der Waals surface area contributed by atoms with Crippen LogP contribution < -0.4 is 5.56 Å². The summed E-state index contributed by atoms with van der Waals surface area (Å²) in [6.45, 7) is -0.0605. The van der Waals surface area contributed by atoms with E-state index in [1.807, 2.05) is 0 Å². The average molecular weight is 366 g/mol. The minimum absolute atomic E-state index is 0.0605. The van der Waals surface area contributed by atoms with Gasteiger partial charge in [0.15, 0.2) is 4.96 Å². The minimum Gasteiger partial charge on any atom is -0.456 e. The zero-order valence-corrected chi connectivity index (χ0v) is 12.9. The van der Waals surface area contributed by atoms with E-state index in [4.69, 9.17) is 4.74 Å². The Morgan fingerprint density at radius 2 is 2.24 bits per heavy atom. The second-order valence-corrected chi connectivity index (χ2v) is 5.90. The first-order chi connectivity index (χ1) is 10.1. The maximum Gasteiger partial charge on any atom is 0.340 e. The van der Waals surface area contributed by atoms with Crippen molar-refractivity contribution in [2.24, 2.45) is 0 Å². The summed E-state index contributed by atoms with van der Waals surface area (Å²) in [7, 11) is 0. The van der Waals surface area contributed by atoms with E-state index in [0.29, 0.717) is 20.7 Å². The highest BCUT2D eigenvalue weighted by molar-refractivity contribution is 9.10. The number of carbonyl (C=O) groups is 1. The van der Waals surface area contributed by atoms with Gasteiger partial charge in [0.1, 0.15) is 6.61 Å². The number of carbonyl (C=O) groups excluding carboxylic acids is 1. The summed E-state index contributed by atoms with van der Waals surface area (Å²) in [4.78, 5) is 32.4. The number of thiazole rings is 1. The van der Waals surface area contributed by atoms with Crippen LogP contribution in [0.3, 0.4) is 0 Å². The lowest BCUT2D eigenvalue weighted by molar-refractivity contribution is 0.0467. The SMILES string of the molecule is O=C(OCc1cc(=O)n2ccsc2n1)c1cncc(Br)c1. The average Bonchev–Trinajstić information content (AvgIpc) is 2.93. The van der Waals surface area contributed by atoms with Gasteiger partial charge in [-0.1, -0.05) is 0 Å². The van der Waals surface area contributed by atoms with Crippen molar-refractivity contribution in [1.82, 2.24) is 14.4 Å². The summed E-state index contributed by atoms with van der Waals surface area (Å²) < 4.78 is 7.27. The van der Waals surface area contributed by atoms with Crippen molar-refractivity contribution < 1.29 is 9.53 Å². The number of aromatic nitrogens is 3. The number of rotatable bonds is 3. The Kier molecular flexibility index (Phi) is 3.80. The van der Waals surface area contributed by atoms with Gasteiger partial charge in [-0.3, -0.25) is 14.2 Å². The molecule has 0 amide bonds. The van der Waals surface area contributed by atoms with Gasteiger partial charge in [0.25, 0.3) is 5.56 Å². The molecule has 0 radical (unpaired) electrons. The molecule has 0 spiro atoms.